The molecular weight excluding hydrogens is 425 g/mol. The predicted octanol–water partition coefficient (Wildman–Crippen LogP) is 4.92. The van der Waals surface area contributed by atoms with E-state index in [0.29, 0.717) is 6.04 Å². The van der Waals surface area contributed by atoms with Gasteiger partial charge in [-0.1, -0.05) is 0 Å². The number of aromatic nitrogens is 2. The van der Waals surface area contributed by atoms with Crippen molar-refractivity contribution in [3.63, 3.8) is 0 Å². The Hall–Kier alpha value is -1.61. The second-order valence-corrected chi connectivity index (χ2v) is 6.60. The second-order valence-electron chi connectivity index (χ2n) is 5.30. The number of methoxy groups -OCH3 is 1. The lowest BCUT2D eigenvalue weighted by Gasteiger charge is -2.08. The first kappa shape index (κ1) is 16.3. The van der Waals surface area contributed by atoms with Gasteiger partial charge in [-0.15, -0.1) is 11.3 Å². The van der Waals surface area contributed by atoms with Crippen LogP contribution < -0.4 is 13.1 Å². The number of fused-ring (bicyclic) bond motifs is 1. The number of thiazole rings is 1. The molecular formula is C16H16IN3O2S. The second kappa shape index (κ2) is 6.88. The SMILES string of the molecule is COc1ccc2c(OI)cc(-c3csc(NC(C)C)n3)nc2c1. The first-order valence-electron chi connectivity index (χ1n) is 7.10. The smallest absolute Gasteiger partial charge is 0.192 e. The zero-order valence-corrected chi connectivity index (χ0v) is 15.9. The lowest BCUT2D eigenvalue weighted by Crippen LogP contribution is -2.09. The fraction of sp³-hybridized carbons (Fsp3) is 0.250. The molecule has 1 N–H and O–H groups in total. The van der Waals surface area contributed by atoms with Crippen LogP contribution in [0.15, 0.2) is 29.6 Å². The Balaban J connectivity index is 2.08. The number of rotatable bonds is 5. The van der Waals surface area contributed by atoms with Crippen LogP contribution in [0.1, 0.15) is 13.8 Å². The molecule has 0 spiro atoms. The molecule has 0 fully saturated rings. The summed E-state index contributed by atoms with van der Waals surface area (Å²) >= 11 is 3.46. The van der Waals surface area contributed by atoms with Crippen LogP contribution in [0.3, 0.4) is 0 Å². The van der Waals surface area contributed by atoms with E-state index in [1.165, 1.54) is 0 Å². The molecule has 0 bridgehead atoms. The third-order valence-corrected chi connectivity index (χ3v) is 4.49. The van der Waals surface area contributed by atoms with E-state index in [2.05, 4.69) is 24.1 Å². The molecule has 7 heteroatoms. The Labute approximate surface area is 152 Å². The lowest BCUT2D eigenvalue weighted by atomic mass is 10.1. The van der Waals surface area contributed by atoms with Crippen molar-refractivity contribution in [2.24, 2.45) is 0 Å². The monoisotopic (exact) mass is 441 g/mol. The van der Waals surface area contributed by atoms with Gasteiger partial charge in [0.15, 0.2) is 28.1 Å². The number of nitrogens with one attached hydrogen (secondary N) is 1. The minimum absolute atomic E-state index is 0.344. The average Bonchev–Trinajstić information content (AvgIpc) is 3.00. The van der Waals surface area contributed by atoms with Gasteiger partial charge in [0.05, 0.1) is 18.3 Å². The Morgan fingerprint density at radius 1 is 1.17 bits per heavy atom. The van der Waals surface area contributed by atoms with E-state index in [0.717, 1.165) is 38.9 Å². The minimum atomic E-state index is 0.344. The standard InChI is InChI=1S/C16H16IN3O2S/c1-9(2)18-16-20-14(8-23-16)13-7-15(22-17)11-5-4-10(21-3)6-12(11)19-13/h4-9H,1-3H3,(H,18,20). The predicted molar refractivity (Wildman–Crippen MR) is 103 cm³/mol. The Morgan fingerprint density at radius 2 is 2.00 bits per heavy atom. The van der Waals surface area contributed by atoms with Crippen molar-refractivity contribution in [1.29, 1.82) is 0 Å². The van der Waals surface area contributed by atoms with Gasteiger partial charge in [-0.2, -0.15) is 0 Å². The van der Waals surface area contributed by atoms with Gasteiger partial charge in [0, 0.05) is 28.9 Å². The highest BCUT2D eigenvalue weighted by atomic mass is 127. The third-order valence-electron chi connectivity index (χ3n) is 3.24. The van der Waals surface area contributed by atoms with Gasteiger partial charge in [0.1, 0.15) is 17.2 Å². The maximum Gasteiger partial charge on any atom is 0.192 e. The zero-order valence-electron chi connectivity index (χ0n) is 13.0. The van der Waals surface area contributed by atoms with Gasteiger partial charge in [-0.05, 0) is 26.0 Å². The number of anilines is 1. The number of ether oxygens (including phenoxy) is 1. The molecule has 23 heavy (non-hydrogen) atoms. The number of pyridine rings is 1. The summed E-state index contributed by atoms with van der Waals surface area (Å²) in [5.41, 5.74) is 2.43. The molecule has 0 saturated carbocycles. The van der Waals surface area contributed by atoms with Gasteiger partial charge in [0.2, 0.25) is 0 Å². The molecule has 5 nitrogen and oxygen atoms in total. The van der Waals surface area contributed by atoms with Crippen LogP contribution in [0, 0.1) is 0 Å². The fourth-order valence-corrected chi connectivity index (χ4v) is 3.42. The highest BCUT2D eigenvalue weighted by Gasteiger charge is 2.12. The molecule has 0 aliphatic rings. The van der Waals surface area contributed by atoms with Crippen molar-refractivity contribution in [3.05, 3.63) is 29.6 Å². The Morgan fingerprint density at radius 3 is 2.70 bits per heavy atom. The molecule has 2 heterocycles. The van der Waals surface area contributed by atoms with Crippen molar-refractivity contribution in [2.75, 3.05) is 12.4 Å². The molecule has 0 aliphatic heterocycles. The maximum absolute atomic E-state index is 5.48. The quantitative estimate of drug-likeness (QED) is 0.570. The van der Waals surface area contributed by atoms with Gasteiger partial charge < -0.3 is 13.1 Å². The number of hydrogen-bond donors (Lipinski definition) is 1. The molecule has 0 saturated heterocycles. The summed E-state index contributed by atoms with van der Waals surface area (Å²) in [7, 11) is 1.64. The lowest BCUT2D eigenvalue weighted by molar-refractivity contribution is 0.415. The van der Waals surface area contributed by atoms with Gasteiger partial charge in [-0.3, -0.25) is 0 Å². The molecule has 0 amide bonds. The van der Waals surface area contributed by atoms with Crippen molar-refractivity contribution in [3.8, 4) is 22.9 Å². The van der Waals surface area contributed by atoms with Crippen molar-refractivity contribution in [2.45, 2.75) is 19.9 Å². The summed E-state index contributed by atoms with van der Waals surface area (Å²) in [4.78, 5) is 9.31. The molecule has 120 valence electrons. The normalized spacial score (nSPS) is 11.0. The average molecular weight is 441 g/mol. The van der Waals surface area contributed by atoms with E-state index < -0.39 is 0 Å². The molecule has 3 aromatic rings. The first-order valence-corrected chi connectivity index (χ1v) is 8.86. The van der Waals surface area contributed by atoms with Crippen LogP contribution in [-0.2, 0) is 0 Å². The summed E-state index contributed by atoms with van der Waals surface area (Å²) in [5.74, 6) is 1.53. The van der Waals surface area contributed by atoms with E-state index in [1.807, 2.05) is 52.7 Å². The third kappa shape index (κ3) is 3.50. The molecule has 0 atom stereocenters. The topological polar surface area (TPSA) is 56.3 Å². The molecule has 0 unspecified atom stereocenters. The van der Waals surface area contributed by atoms with Crippen LogP contribution in [0.5, 0.6) is 11.5 Å². The number of hydrogen-bond acceptors (Lipinski definition) is 6. The largest absolute Gasteiger partial charge is 0.497 e. The van der Waals surface area contributed by atoms with Crippen LogP contribution >= 0.6 is 34.3 Å². The minimum Gasteiger partial charge on any atom is -0.497 e. The van der Waals surface area contributed by atoms with E-state index in [1.54, 1.807) is 18.4 Å². The van der Waals surface area contributed by atoms with Gasteiger partial charge in [0.25, 0.3) is 0 Å². The zero-order chi connectivity index (χ0) is 16.4. The first-order chi connectivity index (χ1) is 11.1. The maximum atomic E-state index is 5.48. The van der Waals surface area contributed by atoms with E-state index in [4.69, 9.17) is 12.8 Å². The Bertz CT molecular complexity index is 835. The fourth-order valence-electron chi connectivity index (χ4n) is 2.20. The molecule has 3 rings (SSSR count). The number of benzene rings is 1. The van der Waals surface area contributed by atoms with E-state index >= 15 is 0 Å². The van der Waals surface area contributed by atoms with Crippen molar-refractivity contribution in [1.82, 2.24) is 9.97 Å². The van der Waals surface area contributed by atoms with Gasteiger partial charge >= 0.3 is 0 Å². The summed E-state index contributed by atoms with van der Waals surface area (Å²) in [5, 5.41) is 7.13. The highest BCUT2D eigenvalue weighted by Crippen LogP contribution is 2.34. The molecule has 2 aromatic heterocycles. The highest BCUT2D eigenvalue weighted by molar-refractivity contribution is 14.1. The van der Waals surface area contributed by atoms with Crippen LogP contribution in [-0.4, -0.2) is 23.1 Å². The Kier molecular flexibility index (Phi) is 4.86. The van der Waals surface area contributed by atoms with E-state index in [-0.39, 0.29) is 0 Å². The number of nitrogens with zero attached hydrogens (tertiary/aromatic N) is 2. The summed E-state index contributed by atoms with van der Waals surface area (Å²) < 4.78 is 10.8. The van der Waals surface area contributed by atoms with Crippen LogP contribution in [0.4, 0.5) is 5.13 Å². The molecule has 0 aliphatic carbocycles. The van der Waals surface area contributed by atoms with Crippen molar-refractivity contribution >= 4 is 50.4 Å². The van der Waals surface area contributed by atoms with Crippen LogP contribution in [0.2, 0.25) is 0 Å². The van der Waals surface area contributed by atoms with Crippen LogP contribution in [0.25, 0.3) is 22.3 Å². The van der Waals surface area contributed by atoms with Gasteiger partial charge in [-0.25, -0.2) is 9.97 Å². The summed E-state index contributed by atoms with van der Waals surface area (Å²) in [6.07, 6.45) is 0. The summed E-state index contributed by atoms with van der Waals surface area (Å²) in [6, 6.07) is 8.01. The molecule has 0 radical (unpaired) electrons. The number of halogens is 1. The van der Waals surface area contributed by atoms with Crippen molar-refractivity contribution < 1.29 is 7.80 Å². The molecule has 1 aromatic carbocycles. The summed E-state index contributed by atoms with van der Waals surface area (Å²) in [6.45, 7) is 4.17. The van der Waals surface area contributed by atoms with E-state index in [9.17, 15) is 0 Å².